The minimum atomic E-state index is -0.427. The highest BCUT2D eigenvalue weighted by molar-refractivity contribution is 7.98. The first kappa shape index (κ1) is 18.9. The summed E-state index contributed by atoms with van der Waals surface area (Å²) in [5, 5.41) is 3.09. The van der Waals surface area contributed by atoms with E-state index >= 15 is 0 Å². The average Bonchev–Trinajstić information content (AvgIpc) is 3.18. The number of hydrogen-bond acceptors (Lipinski definition) is 6. The van der Waals surface area contributed by atoms with Gasteiger partial charge >= 0.3 is 5.97 Å². The lowest BCUT2D eigenvalue weighted by Gasteiger charge is -2.08. The first-order valence-corrected chi connectivity index (χ1v) is 10.4. The molecular formula is C19H16ClNO3S2. The maximum atomic E-state index is 11.9. The van der Waals surface area contributed by atoms with Gasteiger partial charge < -0.3 is 4.74 Å². The maximum Gasteiger partial charge on any atom is 0.306 e. The van der Waals surface area contributed by atoms with Crippen molar-refractivity contribution < 1.29 is 14.3 Å². The van der Waals surface area contributed by atoms with Crippen LogP contribution in [0.25, 0.3) is 10.9 Å². The van der Waals surface area contributed by atoms with Crippen LogP contribution in [0.15, 0.2) is 46.7 Å². The van der Waals surface area contributed by atoms with E-state index in [1.165, 1.54) is 11.3 Å². The summed E-state index contributed by atoms with van der Waals surface area (Å²) in [6.45, 7) is 0.0398. The Kier molecular flexibility index (Phi) is 6.29. The fourth-order valence-electron chi connectivity index (χ4n) is 2.40. The SMILES string of the molecule is CSc1ccc2cc(COC(=O)CCC(=O)c3cccs3)c(Cl)nc2c1. The minimum Gasteiger partial charge on any atom is -0.461 e. The van der Waals surface area contributed by atoms with Crippen LogP contribution in [0.2, 0.25) is 5.15 Å². The molecule has 0 bridgehead atoms. The molecule has 0 aliphatic carbocycles. The topological polar surface area (TPSA) is 56.3 Å². The third kappa shape index (κ3) is 4.63. The highest BCUT2D eigenvalue weighted by Gasteiger charge is 2.13. The van der Waals surface area contributed by atoms with Gasteiger partial charge in [0, 0.05) is 22.3 Å². The van der Waals surface area contributed by atoms with E-state index < -0.39 is 5.97 Å². The first-order chi connectivity index (χ1) is 12.6. The monoisotopic (exact) mass is 405 g/mol. The molecule has 0 fully saturated rings. The second-order valence-corrected chi connectivity index (χ2v) is 7.74. The molecule has 0 saturated heterocycles. The highest BCUT2D eigenvalue weighted by atomic mass is 35.5. The van der Waals surface area contributed by atoms with Crippen LogP contribution in [-0.2, 0) is 16.1 Å². The number of pyridine rings is 1. The molecule has 0 atom stereocenters. The molecular weight excluding hydrogens is 390 g/mol. The van der Waals surface area contributed by atoms with Gasteiger partial charge in [-0.2, -0.15) is 0 Å². The van der Waals surface area contributed by atoms with Gasteiger partial charge in [0.05, 0.1) is 16.8 Å². The molecule has 134 valence electrons. The maximum absolute atomic E-state index is 11.9. The van der Waals surface area contributed by atoms with Gasteiger partial charge in [0.15, 0.2) is 5.78 Å². The van der Waals surface area contributed by atoms with Crippen LogP contribution in [0.4, 0.5) is 0 Å². The Hall–Kier alpha value is -1.89. The summed E-state index contributed by atoms with van der Waals surface area (Å²) in [7, 11) is 0. The Morgan fingerprint density at radius 2 is 2.08 bits per heavy atom. The summed E-state index contributed by atoms with van der Waals surface area (Å²) in [6.07, 6.45) is 2.19. The summed E-state index contributed by atoms with van der Waals surface area (Å²) in [5.74, 6) is -0.476. The summed E-state index contributed by atoms with van der Waals surface area (Å²) in [4.78, 5) is 30.0. The van der Waals surface area contributed by atoms with Gasteiger partial charge in [0.1, 0.15) is 11.8 Å². The molecule has 0 saturated carbocycles. The second kappa shape index (κ2) is 8.66. The number of carbonyl (C=O) groups is 2. The zero-order valence-corrected chi connectivity index (χ0v) is 16.4. The van der Waals surface area contributed by atoms with Gasteiger partial charge in [0.25, 0.3) is 0 Å². The van der Waals surface area contributed by atoms with Crippen molar-refractivity contribution in [1.29, 1.82) is 0 Å². The largest absolute Gasteiger partial charge is 0.461 e. The number of carbonyl (C=O) groups excluding carboxylic acids is 2. The van der Waals surface area contributed by atoms with Crippen LogP contribution in [0.3, 0.4) is 0 Å². The number of esters is 1. The van der Waals surface area contributed by atoms with Gasteiger partial charge in [-0.3, -0.25) is 9.59 Å². The van der Waals surface area contributed by atoms with Crippen LogP contribution in [0, 0.1) is 0 Å². The Morgan fingerprint density at radius 1 is 1.23 bits per heavy atom. The number of ketones is 1. The Bertz CT molecular complexity index is 941. The van der Waals surface area contributed by atoms with Crippen molar-refractivity contribution in [2.45, 2.75) is 24.3 Å². The van der Waals surface area contributed by atoms with E-state index in [4.69, 9.17) is 16.3 Å². The molecule has 3 rings (SSSR count). The number of ether oxygens (including phenoxy) is 1. The van der Waals surface area contributed by atoms with E-state index in [1.807, 2.05) is 42.0 Å². The van der Waals surface area contributed by atoms with Crippen molar-refractivity contribution in [2.75, 3.05) is 6.26 Å². The lowest BCUT2D eigenvalue weighted by atomic mass is 10.1. The first-order valence-electron chi connectivity index (χ1n) is 7.92. The smallest absolute Gasteiger partial charge is 0.306 e. The highest BCUT2D eigenvalue weighted by Crippen LogP contribution is 2.25. The van der Waals surface area contributed by atoms with Crippen LogP contribution in [0.1, 0.15) is 28.1 Å². The molecule has 2 heterocycles. The van der Waals surface area contributed by atoms with Crippen molar-refractivity contribution >= 4 is 57.4 Å². The zero-order valence-electron chi connectivity index (χ0n) is 14.0. The van der Waals surface area contributed by atoms with Crippen molar-refractivity contribution in [3.05, 3.63) is 57.4 Å². The van der Waals surface area contributed by atoms with Gasteiger partial charge in [0.2, 0.25) is 0 Å². The van der Waals surface area contributed by atoms with E-state index in [-0.39, 0.29) is 25.2 Å². The Labute approximate surface area is 164 Å². The van der Waals surface area contributed by atoms with Crippen LogP contribution < -0.4 is 0 Å². The van der Waals surface area contributed by atoms with Gasteiger partial charge in [-0.25, -0.2) is 4.98 Å². The lowest BCUT2D eigenvalue weighted by Crippen LogP contribution is -2.08. The lowest BCUT2D eigenvalue weighted by molar-refractivity contribution is -0.144. The molecule has 26 heavy (non-hydrogen) atoms. The summed E-state index contributed by atoms with van der Waals surface area (Å²) >= 11 is 9.22. The van der Waals surface area contributed by atoms with E-state index in [2.05, 4.69) is 4.98 Å². The third-order valence-corrected chi connectivity index (χ3v) is 5.76. The van der Waals surface area contributed by atoms with E-state index in [0.717, 1.165) is 15.8 Å². The standard InChI is InChI=1S/C19H16ClNO3S2/c1-25-14-5-4-12-9-13(19(20)21-15(12)10-14)11-24-18(23)7-6-16(22)17-3-2-8-26-17/h2-5,8-10H,6-7,11H2,1H3. The molecule has 7 heteroatoms. The fourth-order valence-corrected chi connectivity index (χ4v) is 3.73. The molecule has 0 radical (unpaired) electrons. The van der Waals surface area contributed by atoms with Gasteiger partial charge in [-0.1, -0.05) is 23.7 Å². The van der Waals surface area contributed by atoms with Crippen LogP contribution >= 0.6 is 34.7 Å². The normalized spacial score (nSPS) is 10.8. The molecule has 1 aromatic carbocycles. The Morgan fingerprint density at radius 3 is 2.81 bits per heavy atom. The number of thiophene rings is 1. The molecule has 4 nitrogen and oxygen atoms in total. The molecule has 0 N–H and O–H groups in total. The number of thioether (sulfide) groups is 1. The molecule has 3 aromatic rings. The summed E-state index contributed by atoms with van der Waals surface area (Å²) < 4.78 is 5.25. The molecule has 0 aliphatic rings. The van der Waals surface area contributed by atoms with Crippen LogP contribution in [0.5, 0.6) is 0 Å². The quantitative estimate of drug-likeness (QED) is 0.228. The summed E-state index contributed by atoms with van der Waals surface area (Å²) in [5.41, 5.74) is 1.45. The number of fused-ring (bicyclic) bond motifs is 1. The van der Waals surface area contributed by atoms with Gasteiger partial charge in [-0.15, -0.1) is 23.1 Å². The molecule has 0 unspecified atom stereocenters. The molecule has 2 aromatic heterocycles. The van der Waals surface area contributed by atoms with Gasteiger partial charge in [-0.05, 0) is 35.9 Å². The molecule has 0 amide bonds. The van der Waals surface area contributed by atoms with Crippen molar-refractivity contribution in [2.24, 2.45) is 0 Å². The zero-order chi connectivity index (χ0) is 18.5. The number of rotatable bonds is 7. The van der Waals surface area contributed by atoms with Crippen molar-refractivity contribution in [1.82, 2.24) is 4.98 Å². The number of benzene rings is 1. The summed E-state index contributed by atoms with van der Waals surface area (Å²) in [6, 6.07) is 11.4. The number of hydrogen-bond donors (Lipinski definition) is 0. The minimum absolute atomic E-state index is 0.0398. The number of nitrogens with zero attached hydrogens (tertiary/aromatic N) is 1. The molecule has 0 aliphatic heterocycles. The second-order valence-electron chi connectivity index (χ2n) is 5.56. The Balaban J connectivity index is 1.59. The predicted octanol–water partition coefficient (Wildman–Crippen LogP) is 5.38. The predicted molar refractivity (Wildman–Crippen MR) is 106 cm³/mol. The number of Topliss-reactive ketones (excluding diaryl/α,β-unsaturated/α-hetero) is 1. The van der Waals surface area contributed by atoms with E-state index in [9.17, 15) is 9.59 Å². The fraction of sp³-hybridized carbons (Fsp3) is 0.211. The third-order valence-electron chi connectivity index (χ3n) is 3.79. The number of halogens is 1. The van der Waals surface area contributed by atoms with Crippen molar-refractivity contribution in [3.63, 3.8) is 0 Å². The van der Waals surface area contributed by atoms with E-state index in [0.29, 0.717) is 15.6 Å². The van der Waals surface area contributed by atoms with Crippen LogP contribution in [-0.4, -0.2) is 23.0 Å². The van der Waals surface area contributed by atoms with Crippen molar-refractivity contribution in [3.8, 4) is 0 Å². The average molecular weight is 406 g/mol. The molecule has 0 spiro atoms. The van der Waals surface area contributed by atoms with E-state index in [1.54, 1.807) is 17.8 Å². The number of aromatic nitrogens is 1.